The lowest BCUT2D eigenvalue weighted by molar-refractivity contribution is -0.0500. The molecule has 0 fully saturated rings. The summed E-state index contributed by atoms with van der Waals surface area (Å²) in [7, 11) is 0. The predicted octanol–water partition coefficient (Wildman–Crippen LogP) is 3.44. The zero-order valence-corrected chi connectivity index (χ0v) is 12.7. The minimum Gasteiger partial charge on any atom is -0.433 e. The molecule has 0 aliphatic heterocycles. The highest BCUT2D eigenvalue weighted by Crippen LogP contribution is 2.27. The normalized spacial score (nSPS) is 11.7. The molecule has 5 nitrogen and oxygen atoms in total. The minimum absolute atomic E-state index is 0.0376. The molecular weight excluding hydrogens is 298 g/mol. The lowest BCUT2D eigenvalue weighted by atomic mass is 9.98. The van der Waals surface area contributed by atoms with Crippen molar-refractivity contribution < 1.29 is 13.5 Å². The number of anilines is 1. The summed E-state index contributed by atoms with van der Waals surface area (Å²) >= 11 is 1.49. The van der Waals surface area contributed by atoms with Crippen LogP contribution in [0.15, 0.2) is 18.3 Å². The first-order valence-corrected chi connectivity index (χ1v) is 7.14. The standard InChI is InChI=1S/C13H16F2N4OS/c1-13(2,3)10-18-19-12(21-10)17-6-8-4-5-9(7-16-8)20-11(14)15/h4-5,7,11H,6H2,1-3H3,(H,17,19). The molecule has 8 heteroatoms. The Morgan fingerprint density at radius 2 is 2.05 bits per heavy atom. The summed E-state index contributed by atoms with van der Waals surface area (Å²) in [6.07, 6.45) is 1.27. The van der Waals surface area contributed by atoms with Gasteiger partial charge in [-0.15, -0.1) is 10.2 Å². The number of hydrogen-bond donors (Lipinski definition) is 1. The van der Waals surface area contributed by atoms with Gasteiger partial charge in [0, 0.05) is 5.41 Å². The van der Waals surface area contributed by atoms with Crippen LogP contribution in [0.25, 0.3) is 0 Å². The molecule has 0 saturated heterocycles. The van der Waals surface area contributed by atoms with Crippen LogP contribution in [0.2, 0.25) is 0 Å². The maximum absolute atomic E-state index is 12.0. The van der Waals surface area contributed by atoms with Gasteiger partial charge in [-0.1, -0.05) is 32.1 Å². The third-order valence-electron chi connectivity index (χ3n) is 2.51. The van der Waals surface area contributed by atoms with Crippen molar-refractivity contribution in [2.24, 2.45) is 0 Å². The van der Waals surface area contributed by atoms with E-state index in [-0.39, 0.29) is 11.2 Å². The molecule has 0 atom stereocenters. The van der Waals surface area contributed by atoms with Crippen molar-refractivity contribution in [3.8, 4) is 5.75 Å². The first-order valence-electron chi connectivity index (χ1n) is 6.32. The monoisotopic (exact) mass is 314 g/mol. The highest BCUT2D eigenvalue weighted by Gasteiger charge is 2.19. The molecule has 0 aliphatic carbocycles. The summed E-state index contributed by atoms with van der Waals surface area (Å²) in [5.74, 6) is 0.0414. The van der Waals surface area contributed by atoms with Crippen LogP contribution in [-0.2, 0) is 12.0 Å². The summed E-state index contributed by atoms with van der Waals surface area (Å²) < 4.78 is 28.3. The highest BCUT2D eigenvalue weighted by atomic mass is 32.1. The molecule has 0 aliphatic rings. The Morgan fingerprint density at radius 1 is 1.29 bits per heavy atom. The predicted molar refractivity (Wildman–Crippen MR) is 76.8 cm³/mol. The number of alkyl halides is 2. The van der Waals surface area contributed by atoms with Crippen LogP contribution in [0.1, 0.15) is 31.5 Å². The fourth-order valence-corrected chi connectivity index (χ4v) is 2.25. The summed E-state index contributed by atoms with van der Waals surface area (Å²) in [6.45, 7) is 3.81. The van der Waals surface area contributed by atoms with Crippen LogP contribution in [0.4, 0.5) is 13.9 Å². The molecule has 0 bridgehead atoms. The van der Waals surface area contributed by atoms with Crippen LogP contribution < -0.4 is 10.1 Å². The van der Waals surface area contributed by atoms with Crippen molar-refractivity contribution >= 4 is 16.5 Å². The smallest absolute Gasteiger partial charge is 0.387 e. The van der Waals surface area contributed by atoms with E-state index in [1.807, 2.05) is 0 Å². The molecular formula is C13H16F2N4OS. The van der Waals surface area contributed by atoms with Crippen LogP contribution in [0, 0.1) is 0 Å². The second-order valence-corrected chi connectivity index (χ2v) is 6.36. The molecule has 21 heavy (non-hydrogen) atoms. The quantitative estimate of drug-likeness (QED) is 0.916. The third kappa shape index (κ3) is 4.59. The van der Waals surface area contributed by atoms with Crippen molar-refractivity contribution in [3.05, 3.63) is 29.0 Å². The number of ether oxygens (including phenoxy) is 1. The molecule has 1 N–H and O–H groups in total. The molecule has 2 aromatic heterocycles. The molecule has 0 amide bonds. The SMILES string of the molecule is CC(C)(C)c1nnc(NCc2ccc(OC(F)F)cn2)s1. The van der Waals surface area contributed by atoms with Gasteiger partial charge >= 0.3 is 6.61 Å². The zero-order valence-electron chi connectivity index (χ0n) is 11.9. The fourth-order valence-electron chi connectivity index (χ4n) is 1.45. The molecule has 0 saturated carbocycles. The first-order chi connectivity index (χ1) is 9.84. The van der Waals surface area contributed by atoms with Gasteiger partial charge < -0.3 is 10.1 Å². The van der Waals surface area contributed by atoms with E-state index in [9.17, 15) is 8.78 Å². The molecule has 2 rings (SSSR count). The Morgan fingerprint density at radius 3 is 2.57 bits per heavy atom. The number of hydrogen-bond acceptors (Lipinski definition) is 6. The van der Waals surface area contributed by atoms with Crippen LogP contribution in [0.5, 0.6) is 5.75 Å². The van der Waals surface area contributed by atoms with Crippen LogP contribution in [0.3, 0.4) is 0 Å². The second kappa shape index (κ2) is 6.30. The van der Waals surface area contributed by atoms with Gasteiger partial charge in [0.25, 0.3) is 0 Å². The van der Waals surface area contributed by atoms with Gasteiger partial charge in [0.15, 0.2) is 0 Å². The first kappa shape index (κ1) is 15.6. The molecule has 0 spiro atoms. The van der Waals surface area contributed by atoms with Crippen molar-refractivity contribution in [1.82, 2.24) is 15.2 Å². The van der Waals surface area contributed by atoms with E-state index in [4.69, 9.17) is 0 Å². The summed E-state index contributed by atoms with van der Waals surface area (Å²) in [5.41, 5.74) is 0.661. The van der Waals surface area contributed by atoms with Crippen molar-refractivity contribution in [2.45, 2.75) is 39.3 Å². The van der Waals surface area contributed by atoms with Gasteiger partial charge in [0.1, 0.15) is 10.8 Å². The Balaban J connectivity index is 1.92. The molecule has 0 radical (unpaired) electrons. The van der Waals surface area contributed by atoms with E-state index < -0.39 is 6.61 Å². The molecule has 2 aromatic rings. The average Bonchev–Trinajstić information content (AvgIpc) is 2.86. The van der Waals surface area contributed by atoms with E-state index in [1.54, 1.807) is 6.07 Å². The van der Waals surface area contributed by atoms with Gasteiger partial charge in [-0.25, -0.2) is 0 Å². The van der Waals surface area contributed by atoms with E-state index in [0.717, 1.165) is 5.01 Å². The molecule has 0 aromatic carbocycles. The maximum atomic E-state index is 12.0. The van der Waals surface area contributed by atoms with Crippen molar-refractivity contribution in [2.75, 3.05) is 5.32 Å². The minimum atomic E-state index is -2.84. The highest BCUT2D eigenvalue weighted by molar-refractivity contribution is 7.15. The Bertz CT molecular complexity index is 581. The van der Waals surface area contributed by atoms with Gasteiger partial charge in [0.05, 0.1) is 18.4 Å². The Hall–Kier alpha value is -1.83. The van der Waals surface area contributed by atoms with Crippen LogP contribution >= 0.6 is 11.3 Å². The van der Waals surface area contributed by atoms with Gasteiger partial charge in [-0.2, -0.15) is 8.78 Å². The van der Waals surface area contributed by atoms with E-state index in [1.165, 1.54) is 23.6 Å². The Kier molecular flexibility index (Phi) is 4.66. The lowest BCUT2D eigenvalue weighted by Crippen LogP contribution is -2.10. The van der Waals surface area contributed by atoms with Gasteiger partial charge in [-0.05, 0) is 12.1 Å². The molecule has 0 unspecified atom stereocenters. The summed E-state index contributed by atoms with van der Waals surface area (Å²) in [4.78, 5) is 4.04. The van der Waals surface area contributed by atoms with E-state index in [2.05, 4.69) is 46.0 Å². The number of aromatic nitrogens is 3. The zero-order chi connectivity index (χ0) is 15.5. The van der Waals surface area contributed by atoms with Gasteiger partial charge in [-0.3, -0.25) is 4.98 Å². The van der Waals surface area contributed by atoms with Crippen molar-refractivity contribution in [1.29, 1.82) is 0 Å². The summed E-state index contributed by atoms with van der Waals surface area (Å²) in [6, 6.07) is 3.08. The number of pyridine rings is 1. The molecule has 114 valence electrons. The second-order valence-electron chi connectivity index (χ2n) is 5.38. The number of nitrogens with one attached hydrogen (secondary N) is 1. The summed E-state index contributed by atoms with van der Waals surface area (Å²) in [5, 5.41) is 12.9. The van der Waals surface area contributed by atoms with Gasteiger partial charge in [0.2, 0.25) is 5.13 Å². The number of nitrogens with zero attached hydrogens (tertiary/aromatic N) is 3. The molecule has 2 heterocycles. The number of halogens is 2. The average molecular weight is 314 g/mol. The third-order valence-corrected chi connectivity index (χ3v) is 3.82. The maximum Gasteiger partial charge on any atom is 0.387 e. The topological polar surface area (TPSA) is 59.9 Å². The Labute approximate surface area is 125 Å². The largest absolute Gasteiger partial charge is 0.433 e. The van der Waals surface area contributed by atoms with Crippen molar-refractivity contribution in [3.63, 3.8) is 0 Å². The van der Waals surface area contributed by atoms with E-state index in [0.29, 0.717) is 17.4 Å². The number of rotatable bonds is 5. The van der Waals surface area contributed by atoms with Crippen LogP contribution in [-0.4, -0.2) is 21.8 Å². The van der Waals surface area contributed by atoms with E-state index >= 15 is 0 Å². The fraction of sp³-hybridized carbons (Fsp3) is 0.462. The lowest BCUT2D eigenvalue weighted by Gasteiger charge is -2.12.